The fourth-order valence-electron chi connectivity index (χ4n) is 5.08. The lowest BCUT2D eigenvalue weighted by Gasteiger charge is -2.23. The van der Waals surface area contributed by atoms with E-state index in [4.69, 9.17) is 45.6 Å². The lowest BCUT2D eigenvalue weighted by Crippen LogP contribution is -2.24. The van der Waals surface area contributed by atoms with Gasteiger partial charge in [-0.3, -0.25) is 9.97 Å². The molecule has 6 rings (SSSR count). The summed E-state index contributed by atoms with van der Waals surface area (Å²) in [6.45, 7) is 17.1. The zero-order valence-electron chi connectivity index (χ0n) is 34.8. The molecule has 330 valence electrons. The molecule has 5 aromatic rings. The van der Waals surface area contributed by atoms with Crippen LogP contribution in [-0.2, 0) is 9.13 Å². The molecule has 4 aromatic heterocycles. The summed E-state index contributed by atoms with van der Waals surface area (Å²) in [5, 5.41) is 13.4. The maximum atomic E-state index is 12.9. The van der Waals surface area contributed by atoms with Gasteiger partial charge in [-0.25, -0.2) is 24.9 Å². The number of halogens is 5. The Labute approximate surface area is 391 Å². The summed E-state index contributed by atoms with van der Waals surface area (Å²) in [6, 6.07) is 5.52. The van der Waals surface area contributed by atoms with E-state index in [2.05, 4.69) is 84.0 Å². The minimum atomic E-state index is -2.59. The normalized spacial score (nSPS) is 13.4. The van der Waals surface area contributed by atoms with Crippen molar-refractivity contribution in [2.75, 3.05) is 38.6 Å². The Kier molecular flexibility index (Phi) is 22.0. The highest BCUT2D eigenvalue weighted by Crippen LogP contribution is 2.50. The average Bonchev–Trinajstić information content (AvgIpc) is 3.17. The topological polar surface area (TPSA) is 196 Å². The first kappa shape index (κ1) is 54.2. The van der Waals surface area contributed by atoms with Crippen molar-refractivity contribution in [2.24, 2.45) is 5.73 Å². The second kappa shape index (κ2) is 24.8. The van der Waals surface area contributed by atoms with Crippen LogP contribution in [0.25, 0.3) is 16.8 Å². The molecule has 0 bridgehead atoms. The lowest BCUT2D eigenvalue weighted by molar-refractivity contribution is 0.287. The number of nitrogens with zero attached hydrogens (tertiary/aromatic N) is 8. The number of aliphatic hydroxyl groups excluding tert-OH is 1. The maximum Gasteiger partial charge on any atom is 0.224 e. The number of hydrogen-bond donors (Lipinski definition) is 3. The van der Waals surface area contributed by atoms with Gasteiger partial charge in [-0.1, -0.05) is 44.5 Å². The van der Waals surface area contributed by atoms with E-state index in [1.807, 2.05) is 58.0 Å². The molecular weight excluding hydrogens is 1010 g/mol. The first-order valence-electron chi connectivity index (χ1n) is 18.5. The number of unbranched alkanes of at least 4 members (excludes halogenated alkanes) is 1. The molecule has 20 heteroatoms. The number of benzene rings is 1. The highest BCUT2D eigenvalue weighted by molar-refractivity contribution is 9.11. The summed E-state index contributed by atoms with van der Waals surface area (Å²) in [6.07, 6.45) is 13.3. The van der Waals surface area contributed by atoms with Crippen LogP contribution in [0.15, 0.2) is 69.4 Å². The standard InChI is InChI=1S/C18H18BrClN5OP.C14H20N3OP.C4HBrCl2N2.C4H10O.CH4/c1-10-11(2)23-15(9-21-10)12-5-6-14(16(7-12)27(3,4)26)24-17-13(19)8-22-18(20)25-17;1-9-10(2)17-13(8-16-9)11-5-6-12(15)14(7-11)19(3,4)18;5-2-1-8-4(7)9-3(2)6;1-2-3-4-5;/h5-9H,1-4H3,(H,22,24,25);5,7-8,12H,6,15H2,1-4H3;1H;5H,2-4H2,1H3;1H4. The van der Waals surface area contributed by atoms with Gasteiger partial charge in [0.25, 0.3) is 0 Å². The zero-order valence-corrected chi connectivity index (χ0v) is 42.0. The van der Waals surface area contributed by atoms with Crippen LogP contribution in [0.3, 0.4) is 0 Å². The number of aliphatic hydroxyl groups is 1. The highest BCUT2D eigenvalue weighted by atomic mass is 79.9. The lowest BCUT2D eigenvalue weighted by atomic mass is 10.0. The summed E-state index contributed by atoms with van der Waals surface area (Å²) >= 11 is 23.3. The smallest absolute Gasteiger partial charge is 0.224 e. The van der Waals surface area contributed by atoms with E-state index in [1.54, 1.807) is 45.2 Å². The first-order valence-corrected chi connectivity index (χ1v) is 26.4. The number of rotatable bonds is 8. The highest BCUT2D eigenvalue weighted by Gasteiger charge is 2.25. The summed E-state index contributed by atoms with van der Waals surface area (Å²) in [5.74, 6) is 0.503. The molecule has 0 radical (unpaired) electrons. The summed E-state index contributed by atoms with van der Waals surface area (Å²) < 4.78 is 26.5. The largest absolute Gasteiger partial charge is 0.396 e. The van der Waals surface area contributed by atoms with Gasteiger partial charge in [0.2, 0.25) is 10.6 Å². The van der Waals surface area contributed by atoms with Gasteiger partial charge in [0.1, 0.15) is 25.3 Å². The number of hydrogen-bond acceptors (Lipinski definition) is 13. The van der Waals surface area contributed by atoms with Crippen LogP contribution in [-0.4, -0.2) is 84.3 Å². The van der Waals surface area contributed by atoms with Crippen molar-refractivity contribution in [1.82, 2.24) is 39.9 Å². The minimum absolute atomic E-state index is 0. The van der Waals surface area contributed by atoms with Crippen LogP contribution in [0.1, 0.15) is 62.1 Å². The van der Waals surface area contributed by atoms with Gasteiger partial charge in [-0.15, -0.1) is 0 Å². The van der Waals surface area contributed by atoms with Gasteiger partial charge in [0.05, 0.1) is 61.2 Å². The van der Waals surface area contributed by atoms with E-state index < -0.39 is 14.3 Å². The fraction of sp³-hybridized carbons (Fsp3) is 0.366. The first-order chi connectivity index (χ1) is 28.0. The Balaban J connectivity index is 0.000000325. The molecule has 0 amide bonds. The third kappa shape index (κ3) is 16.9. The maximum absolute atomic E-state index is 12.9. The molecule has 0 saturated heterocycles. The van der Waals surface area contributed by atoms with E-state index in [9.17, 15) is 9.13 Å². The molecule has 1 unspecified atom stereocenters. The molecule has 61 heavy (non-hydrogen) atoms. The monoisotopic (exact) mass is 1060 g/mol. The van der Waals surface area contributed by atoms with Gasteiger partial charge < -0.3 is 25.3 Å². The van der Waals surface area contributed by atoms with Crippen LogP contribution in [0.5, 0.6) is 0 Å². The van der Waals surface area contributed by atoms with Gasteiger partial charge in [0, 0.05) is 41.2 Å². The van der Waals surface area contributed by atoms with E-state index in [0.29, 0.717) is 43.9 Å². The molecule has 4 N–H and O–H groups in total. The van der Waals surface area contributed by atoms with Crippen molar-refractivity contribution in [3.05, 3.63) is 114 Å². The molecule has 0 spiro atoms. The van der Waals surface area contributed by atoms with Crippen LogP contribution in [0.4, 0.5) is 11.5 Å². The zero-order chi connectivity index (χ0) is 44.9. The second-order valence-electron chi connectivity index (χ2n) is 14.2. The number of anilines is 2. The van der Waals surface area contributed by atoms with Crippen molar-refractivity contribution in [1.29, 1.82) is 0 Å². The number of aryl methyl sites for hydroxylation is 4. The predicted octanol–water partition coefficient (Wildman–Crippen LogP) is 11.6. The quantitative estimate of drug-likeness (QED) is 0.0755. The summed E-state index contributed by atoms with van der Waals surface area (Å²) in [7, 11) is -4.92. The second-order valence-corrected chi connectivity index (χ2v) is 23.3. The van der Waals surface area contributed by atoms with E-state index in [-0.39, 0.29) is 24.0 Å². The molecular formula is C41H53Br2Cl3N10O3P2. The molecule has 0 aliphatic heterocycles. The molecule has 1 aliphatic rings. The van der Waals surface area contributed by atoms with Crippen molar-refractivity contribution < 1.29 is 14.2 Å². The fourth-order valence-corrected chi connectivity index (χ4v) is 8.52. The van der Waals surface area contributed by atoms with Crippen molar-refractivity contribution in [2.45, 2.75) is 67.3 Å². The van der Waals surface area contributed by atoms with Gasteiger partial charge >= 0.3 is 0 Å². The number of nitrogens with one attached hydrogen (secondary N) is 1. The molecule has 13 nitrogen and oxygen atoms in total. The molecule has 4 heterocycles. The summed E-state index contributed by atoms with van der Waals surface area (Å²) in [4.78, 5) is 33.2. The third-order valence-corrected chi connectivity index (χ3v) is 13.9. The van der Waals surface area contributed by atoms with Crippen molar-refractivity contribution >= 4 is 103 Å². The van der Waals surface area contributed by atoms with E-state index in [1.165, 1.54) is 6.20 Å². The summed E-state index contributed by atoms with van der Waals surface area (Å²) in [5.41, 5.74) is 13.7. The number of aromatic nitrogens is 8. The third-order valence-electron chi connectivity index (χ3n) is 8.60. The SMILES string of the molecule is C.CCCCO.Cc1ncc(-c2ccc(Nc3nc(Cl)ncc3Br)c(P(C)(C)=O)c2)nc1C.Cc1ncc(C2=CCC(N)C(P(C)(C)=O)=C2)nc1C.Clc1ncc(Br)c(Cl)n1. The van der Waals surface area contributed by atoms with Gasteiger partial charge in [0.15, 0.2) is 0 Å². The van der Waals surface area contributed by atoms with E-state index in [0.717, 1.165) is 63.5 Å². The van der Waals surface area contributed by atoms with Crippen LogP contribution in [0, 0.1) is 27.7 Å². The van der Waals surface area contributed by atoms with Crippen LogP contribution < -0.4 is 16.4 Å². The van der Waals surface area contributed by atoms with Crippen molar-refractivity contribution in [3.8, 4) is 11.3 Å². The Morgan fingerprint density at radius 2 is 1.34 bits per heavy atom. The number of nitrogens with two attached hydrogens (primary N) is 1. The molecule has 1 aromatic carbocycles. The van der Waals surface area contributed by atoms with E-state index >= 15 is 0 Å². The van der Waals surface area contributed by atoms with Crippen LogP contribution >= 0.6 is 80.9 Å². The Bertz CT molecular complexity index is 2450. The predicted molar refractivity (Wildman–Crippen MR) is 262 cm³/mol. The Hall–Kier alpha value is -2.97. The van der Waals surface area contributed by atoms with Gasteiger partial charge in [-0.2, -0.15) is 4.98 Å². The molecule has 0 saturated carbocycles. The minimum Gasteiger partial charge on any atom is -0.396 e. The molecule has 1 atom stereocenters. The van der Waals surface area contributed by atoms with Crippen LogP contribution in [0.2, 0.25) is 15.7 Å². The Morgan fingerprint density at radius 1 is 0.787 bits per heavy atom. The molecule has 0 fully saturated rings. The Morgan fingerprint density at radius 3 is 1.84 bits per heavy atom. The molecule has 1 aliphatic carbocycles. The number of allylic oxidation sites excluding steroid dienone is 2. The van der Waals surface area contributed by atoms with Crippen molar-refractivity contribution in [3.63, 3.8) is 0 Å². The average molecular weight is 1060 g/mol. The van der Waals surface area contributed by atoms with Gasteiger partial charge in [-0.05, 0) is 146 Å².